The molecule has 3 aromatic heterocycles. The van der Waals surface area contributed by atoms with Crippen molar-refractivity contribution in [1.29, 1.82) is 0 Å². The van der Waals surface area contributed by atoms with E-state index in [1.54, 1.807) is 22.3 Å². The van der Waals surface area contributed by atoms with Gasteiger partial charge in [-0.2, -0.15) is 5.10 Å². The van der Waals surface area contributed by atoms with Crippen LogP contribution in [0.1, 0.15) is 17.4 Å². The summed E-state index contributed by atoms with van der Waals surface area (Å²) in [6, 6.07) is 4.01. The first kappa shape index (κ1) is 11.3. The highest BCUT2D eigenvalue weighted by atomic mass is 32.1. The normalized spacial score (nSPS) is 13.0. The zero-order valence-corrected chi connectivity index (χ0v) is 10.8. The van der Waals surface area contributed by atoms with Crippen molar-refractivity contribution in [1.82, 2.24) is 19.7 Å². The van der Waals surface area contributed by atoms with Gasteiger partial charge in [-0.3, -0.25) is 9.67 Å². The highest BCUT2D eigenvalue weighted by molar-refractivity contribution is 7.17. The van der Waals surface area contributed by atoms with E-state index in [-0.39, 0.29) is 6.04 Å². The van der Waals surface area contributed by atoms with E-state index in [9.17, 15) is 0 Å². The summed E-state index contributed by atoms with van der Waals surface area (Å²) in [6.07, 6.45) is 4.05. The van der Waals surface area contributed by atoms with Crippen LogP contribution in [0.2, 0.25) is 0 Å². The summed E-state index contributed by atoms with van der Waals surface area (Å²) in [5, 5.41) is 6.08. The Labute approximate surface area is 108 Å². The number of aryl methyl sites for hydroxylation is 1. The molecule has 0 bridgehead atoms. The number of nitrogens with two attached hydrogens (primary N) is 1. The second-order valence-corrected chi connectivity index (χ2v) is 5.13. The SMILES string of the molecule is Cn1ncnc1CC(N)c1cnc2ccsc2c1. The van der Waals surface area contributed by atoms with Crippen molar-refractivity contribution in [3.8, 4) is 0 Å². The predicted molar refractivity (Wildman–Crippen MR) is 71.3 cm³/mol. The molecular weight excluding hydrogens is 246 g/mol. The van der Waals surface area contributed by atoms with Crippen molar-refractivity contribution in [3.05, 3.63) is 41.4 Å². The molecule has 0 aliphatic carbocycles. The summed E-state index contributed by atoms with van der Waals surface area (Å²) >= 11 is 1.68. The number of pyridine rings is 1. The molecule has 3 heterocycles. The molecule has 3 rings (SSSR count). The molecule has 0 aliphatic heterocycles. The Morgan fingerprint density at radius 3 is 3.11 bits per heavy atom. The number of thiophene rings is 1. The van der Waals surface area contributed by atoms with Crippen LogP contribution in [0.4, 0.5) is 0 Å². The maximum Gasteiger partial charge on any atom is 0.138 e. The average molecular weight is 259 g/mol. The number of nitrogens with zero attached hydrogens (tertiary/aromatic N) is 4. The number of aromatic nitrogens is 4. The van der Waals surface area contributed by atoms with Crippen LogP contribution in [0.3, 0.4) is 0 Å². The largest absolute Gasteiger partial charge is 0.324 e. The Bertz CT molecular complexity index is 672. The van der Waals surface area contributed by atoms with Crippen molar-refractivity contribution >= 4 is 21.6 Å². The zero-order chi connectivity index (χ0) is 12.5. The van der Waals surface area contributed by atoms with Crippen molar-refractivity contribution in [2.45, 2.75) is 12.5 Å². The summed E-state index contributed by atoms with van der Waals surface area (Å²) in [5.41, 5.74) is 8.26. The fraction of sp³-hybridized carbons (Fsp3) is 0.250. The molecule has 0 saturated heterocycles. The van der Waals surface area contributed by atoms with E-state index in [2.05, 4.69) is 21.1 Å². The maximum absolute atomic E-state index is 6.20. The van der Waals surface area contributed by atoms with Crippen molar-refractivity contribution in [2.24, 2.45) is 12.8 Å². The molecule has 0 spiro atoms. The lowest BCUT2D eigenvalue weighted by Crippen LogP contribution is -2.16. The standard InChI is InChI=1S/C12H13N5S/c1-17-12(15-7-16-17)5-9(13)8-4-11-10(14-6-8)2-3-18-11/h2-4,6-7,9H,5,13H2,1H3. The van der Waals surface area contributed by atoms with Gasteiger partial charge in [0.25, 0.3) is 0 Å². The van der Waals surface area contributed by atoms with Crippen LogP contribution in [-0.4, -0.2) is 19.7 Å². The van der Waals surface area contributed by atoms with E-state index in [4.69, 9.17) is 5.73 Å². The third-order valence-corrected chi connectivity index (χ3v) is 3.81. The lowest BCUT2D eigenvalue weighted by molar-refractivity contribution is 0.629. The summed E-state index contributed by atoms with van der Waals surface area (Å²) in [5.74, 6) is 0.883. The molecule has 3 aromatic rings. The smallest absolute Gasteiger partial charge is 0.138 e. The van der Waals surface area contributed by atoms with Crippen LogP contribution < -0.4 is 5.73 Å². The van der Waals surface area contributed by atoms with Crippen LogP contribution in [-0.2, 0) is 13.5 Å². The van der Waals surface area contributed by atoms with Crippen molar-refractivity contribution in [3.63, 3.8) is 0 Å². The number of hydrogen-bond donors (Lipinski definition) is 1. The van der Waals surface area contributed by atoms with Gasteiger partial charge >= 0.3 is 0 Å². The second kappa shape index (κ2) is 4.47. The zero-order valence-electron chi connectivity index (χ0n) is 9.95. The molecular formula is C12H13N5S. The van der Waals surface area contributed by atoms with Gasteiger partial charge < -0.3 is 5.73 Å². The van der Waals surface area contributed by atoms with Crippen LogP contribution in [0, 0.1) is 0 Å². The predicted octanol–water partition coefficient (Wildman–Crippen LogP) is 1.67. The molecule has 18 heavy (non-hydrogen) atoms. The van der Waals surface area contributed by atoms with E-state index in [0.717, 1.165) is 16.9 Å². The second-order valence-electron chi connectivity index (χ2n) is 4.18. The highest BCUT2D eigenvalue weighted by Gasteiger charge is 2.12. The van der Waals surface area contributed by atoms with Crippen LogP contribution in [0.5, 0.6) is 0 Å². The van der Waals surface area contributed by atoms with Crippen molar-refractivity contribution in [2.75, 3.05) is 0 Å². The molecule has 0 aliphatic rings. The first-order chi connectivity index (χ1) is 8.74. The fourth-order valence-electron chi connectivity index (χ4n) is 1.88. The Hall–Kier alpha value is -1.79. The lowest BCUT2D eigenvalue weighted by Gasteiger charge is -2.10. The molecule has 1 unspecified atom stereocenters. The Balaban J connectivity index is 1.87. The minimum Gasteiger partial charge on any atom is -0.324 e. The fourth-order valence-corrected chi connectivity index (χ4v) is 2.67. The minimum absolute atomic E-state index is 0.105. The van der Waals surface area contributed by atoms with Gasteiger partial charge in [-0.05, 0) is 23.1 Å². The van der Waals surface area contributed by atoms with E-state index in [0.29, 0.717) is 6.42 Å². The van der Waals surface area contributed by atoms with Gasteiger partial charge in [0.05, 0.1) is 10.2 Å². The maximum atomic E-state index is 6.20. The monoisotopic (exact) mass is 259 g/mol. The van der Waals surface area contributed by atoms with Crippen LogP contribution in [0.15, 0.2) is 30.0 Å². The van der Waals surface area contributed by atoms with Crippen LogP contribution in [0.25, 0.3) is 10.2 Å². The van der Waals surface area contributed by atoms with Crippen molar-refractivity contribution < 1.29 is 0 Å². The molecule has 5 nitrogen and oxygen atoms in total. The van der Waals surface area contributed by atoms with E-state index in [1.165, 1.54) is 4.70 Å². The number of fused-ring (bicyclic) bond motifs is 1. The minimum atomic E-state index is -0.105. The van der Waals surface area contributed by atoms with E-state index < -0.39 is 0 Å². The molecule has 0 amide bonds. The summed E-state index contributed by atoms with van der Waals surface area (Å²) < 4.78 is 2.91. The Morgan fingerprint density at radius 2 is 2.33 bits per heavy atom. The molecule has 0 radical (unpaired) electrons. The molecule has 0 saturated carbocycles. The van der Waals surface area contributed by atoms with Gasteiger partial charge in [0, 0.05) is 25.7 Å². The third-order valence-electron chi connectivity index (χ3n) is 2.96. The summed E-state index contributed by atoms with van der Waals surface area (Å²) in [4.78, 5) is 8.59. The van der Waals surface area contributed by atoms with Gasteiger partial charge in [-0.15, -0.1) is 11.3 Å². The molecule has 1 atom stereocenters. The average Bonchev–Trinajstić information content (AvgIpc) is 2.98. The van der Waals surface area contributed by atoms with Crippen LogP contribution >= 0.6 is 11.3 Å². The number of hydrogen-bond acceptors (Lipinski definition) is 5. The van der Waals surface area contributed by atoms with E-state index >= 15 is 0 Å². The highest BCUT2D eigenvalue weighted by Crippen LogP contribution is 2.23. The lowest BCUT2D eigenvalue weighted by atomic mass is 10.1. The Kier molecular flexibility index (Phi) is 2.81. The molecule has 0 fully saturated rings. The topological polar surface area (TPSA) is 69.6 Å². The van der Waals surface area contributed by atoms with Gasteiger partial charge in [-0.1, -0.05) is 0 Å². The van der Waals surface area contributed by atoms with E-state index in [1.807, 2.05) is 24.7 Å². The molecule has 0 aromatic carbocycles. The Morgan fingerprint density at radius 1 is 1.44 bits per heavy atom. The van der Waals surface area contributed by atoms with Gasteiger partial charge in [-0.25, -0.2) is 4.98 Å². The molecule has 92 valence electrons. The molecule has 2 N–H and O–H groups in total. The summed E-state index contributed by atoms with van der Waals surface area (Å²) in [7, 11) is 1.87. The quantitative estimate of drug-likeness (QED) is 0.776. The number of rotatable bonds is 3. The first-order valence-corrected chi connectivity index (χ1v) is 6.53. The first-order valence-electron chi connectivity index (χ1n) is 5.65. The van der Waals surface area contributed by atoms with Gasteiger partial charge in [0.2, 0.25) is 0 Å². The third kappa shape index (κ3) is 2.00. The molecule has 6 heteroatoms. The van der Waals surface area contributed by atoms with Gasteiger partial charge in [0.15, 0.2) is 0 Å². The summed E-state index contributed by atoms with van der Waals surface area (Å²) in [6.45, 7) is 0. The van der Waals surface area contributed by atoms with Gasteiger partial charge in [0.1, 0.15) is 12.2 Å².